The number of halogens is 2. The summed E-state index contributed by atoms with van der Waals surface area (Å²) in [5.74, 6) is -0.252. The molecule has 4 N–H and O–H groups in total. The van der Waals surface area contributed by atoms with Crippen molar-refractivity contribution < 1.29 is 14.0 Å². The van der Waals surface area contributed by atoms with Crippen LogP contribution >= 0.6 is 0 Å². The lowest BCUT2D eigenvalue weighted by molar-refractivity contribution is 0.130. The Hall–Kier alpha value is -0.910. The van der Waals surface area contributed by atoms with Crippen LogP contribution in [0.3, 0.4) is 0 Å². The summed E-state index contributed by atoms with van der Waals surface area (Å²) in [4.78, 5) is 3.49. The predicted molar refractivity (Wildman–Crippen MR) is 36.6 cm³/mol. The van der Waals surface area contributed by atoms with E-state index in [1.807, 2.05) is 0 Å². The largest absolute Gasteiger partial charge is 0.368 e. The molecule has 0 bridgehead atoms. The summed E-state index contributed by atoms with van der Waals surface area (Å²) in [6.45, 7) is 1.48. The second-order valence-electron chi connectivity index (χ2n) is 2.10. The third-order valence-corrected chi connectivity index (χ3v) is 0.993. The van der Waals surface area contributed by atoms with Crippen molar-refractivity contribution in [3.05, 3.63) is 0 Å². The van der Waals surface area contributed by atoms with E-state index in [2.05, 4.69) is 4.99 Å². The third kappa shape index (κ3) is 5.53. The maximum Gasteiger partial charge on any atom is 0.240 e. The summed E-state index contributed by atoms with van der Waals surface area (Å²) >= 11 is 0. The topological polar surface area (TPSA) is 70.6 Å². The zero-order chi connectivity index (χ0) is 8.85. The Morgan fingerprint density at radius 1 is 1.73 bits per heavy atom. The van der Waals surface area contributed by atoms with Gasteiger partial charge in [-0.05, 0) is 6.92 Å². The molecule has 66 valence electrons. The molecule has 0 heterocycles. The molecular formula is C5H11F2N3O. The van der Waals surface area contributed by atoms with Crippen LogP contribution in [0.1, 0.15) is 13.3 Å². The van der Waals surface area contributed by atoms with Crippen LogP contribution < -0.4 is 11.2 Å². The summed E-state index contributed by atoms with van der Waals surface area (Å²) < 4.78 is 23.3. The number of nitrogens with one attached hydrogen (secondary N) is 1. The van der Waals surface area contributed by atoms with Gasteiger partial charge in [-0.15, -0.1) is 0 Å². The molecule has 0 spiro atoms. The van der Waals surface area contributed by atoms with Crippen LogP contribution in [0, 0.1) is 0 Å². The van der Waals surface area contributed by atoms with Crippen molar-refractivity contribution in [3.63, 3.8) is 0 Å². The van der Waals surface area contributed by atoms with Crippen LogP contribution in [0.5, 0.6) is 0 Å². The van der Waals surface area contributed by atoms with E-state index in [0.29, 0.717) is 0 Å². The van der Waals surface area contributed by atoms with Gasteiger partial charge in [0.15, 0.2) is 0 Å². The van der Waals surface area contributed by atoms with Crippen molar-refractivity contribution in [1.29, 1.82) is 0 Å². The summed E-state index contributed by atoms with van der Waals surface area (Å²) in [6, 6.07) is -0.588. The lowest BCUT2D eigenvalue weighted by atomic mass is 10.2. The fraction of sp³-hybridized carbons (Fsp3) is 0.800. The molecule has 0 fully saturated rings. The van der Waals surface area contributed by atoms with E-state index in [1.54, 1.807) is 5.48 Å². The van der Waals surface area contributed by atoms with Gasteiger partial charge in [0.1, 0.15) is 0 Å². The predicted octanol–water partition coefficient (Wildman–Crippen LogP) is 0.324. The molecule has 0 rings (SSSR count). The quantitative estimate of drug-likeness (QED) is 0.322. The molecule has 1 atom stereocenters. The molecule has 4 nitrogen and oxygen atoms in total. The zero-order valence-electron chi connectivity index (χ0n) is 6.09. The van der Waals surface area contributed by atoms with Crippen molar-refractivity contribution in [2.24, 2.45) is 10.7 Å². The highest BCUT2D eigenvalue weighted by atomic mass is 19.3. The monoisotopic (exact) mass is 167 g/mol. The van der Waals surface area contributed by atoms with Crippen LogP contribution in [0.15, 0.2) is 4.99 Å². The molecule has 0 aliphatic rings. The van der Waals surface area contributed by atoms with Crippen LogP contribution in [0.25, 0.3) is 0 Å². The minimum absolute atomic E-state index is 0.252. The van der Waals surface area contributed by atoms with Gasteiger partial charge in [-0.3, -0.25) is 5.21 Å². The molecule has 0 aliphatic heterocycles. The van der Waals surface area contributed by atoms with Gasteiger partial charge >= 0.3 is 0 Å². The molecule has 0 saturated heterocycles. The molecular weight excluding hydrogens is 156 g/mol. The molecule has 0 aromatic heterocycles. The highest BCUT2D eigenvalue weighted by Gasteiger charge is 2.08. The molecule has 1 unspecified atom stereocenters. The summed E-state index contributed by atoms with van der Waals surface area (Å²) in [6.07, 6.45) is -2.76. The molecule has 0 saturated carbocycles. The minimum atomic E-state index is -2.40. The highest BCUT2D eigenvalue weighted by molar-refractivity contribution is 5.76. The standard InChI is InChI=1S/C5H11F2N3O/c1-3(2-4(6)7)9-5(8)10-11/h3-4,11H,2H2,1H3,(H3,8,9,10). The van der Waals surface area contributed by atoms with E-state index < -0.39 is 12.5 Å². The molecule has 0 aromatic carbocycles. The van der Waals surface area contributed by atoms with Gasteiger partial charge in [-0.2, -0.15) is 0 Å². The Kier molecular flexibility index (Phi) is 4.44. The summed E-state index contributed by atoms with van der Waals surface area (Å²) in [5.41, 5.74) is 6.55. The van der Waals surface area contributed by atoms with Crippen molar-refractivity contribution in [1.82, 2.24) is 5.48 Å². The first kappa shape index (κ1) is 10.1. The van der Waals surface area contributed by atoms with E-state index in [1.165, 1.54) is 6.92 Å². The average molecular weight is 167 g/mol. The first-order valence-corrected chi connectivity index (χ1v) is 3.07. The lowest BCUT2D eigenvalue weighted by Crippen LogP contribution is -2.30. The Balaban J connectivity index is 3.75. The zero-order valence-corrected chi connectivity index (χ0v) is 6.09. The normalized spacial score (nSPS) is 15.2. The highest BCUT2D eigenvalue weighted by Crippen LogP contribution is 2.05. The molecule has 11 heavy (non-hydrogen) atoms. The molecule has 0 radical (unpaired) electrons. The second kappa shape index (κ2) is 4.84. The molecule has 6 heteroatoms. The SMILES string of the molecule is CC(CC(F)F)N=C(N)NO. The van der Waals surface area contributed by atoms with Crippen molar-refractivity contribution in [3.8, 4) is 0 Å². The fourth-order valence-electron chi connectivity index (χ4n) is 0.577. The van der Waals surface area contributed by atoms with Crippen LogP contribution in [-0.2, 0) is 0 Å². The second-order valence-corrected chi connectivity index (χ2v) is 2.10. The van der Waals surface area contributed by atoms with Gasteiger partial charge in [-0.1, -0.05) is 0 Å². The number of guanidine groups is 1. The van der Waals surface area contributed by atoms with E-state index >= 15 is 0 Å². The van der Waals surface area contributed by atoms with E-state index in [0.717, 1.165) is 0 Å². The molecule has 0 aliphatic carbocycles. The number of hydroxylamine groups is 1. The van der Waals surface area contributed by atoms with E-state index in [-0.39, 0.29) is 12.4 Å². The molecule has 0 amide bonds. The number of hydrogen-bond donors (Lipinski definition) is 3. The number of hydrogen-bond acceptors (Lipinski definition) is 2. The number of nitrogens with two attached hydrogens (primary N) is 1. The smallest absolute Gasteiger partial charge is 0.240 e. The minimum Gasteiger partial charge on any atom is -0.368 e. The van der Waals surface area contributed by atoms with Crippen molar-refractivity contribution >= 4 is 5.96 Å². The van der Waals surface area contributed by atoms with Gasteiger partial charge < -0.3 is 5.73 Å². The number of rotatable bonds is 3. The maximum atomic E-state index is 11.6. The third-order valence-electron chi connectivity index (χ3n) is 0.993. The number of alkyl halides is 2. The molecule has 0 aromatic rings. The lowest BCUT2D eigenvalue weighted by Gasteiger charge is -2.05. The van der Waals surface area contributed by atoms with Gasteiger partial charge in [0.05, 0.1) is 6.04 Å². The summed E-state index contributed by atoms with van der Waals surface area (Å²) in [5, 5.41) is 8.12. The van der Waals surface area contributed by atoms with E-state index in [9.17, 15) is 8.78 Å². The number of nitrogens with zero attached hydrogens (tertiary/aromatic N) is 1. The van der Waals surface area contributed by atoms with Gasteiger partial charge in [-0.25, -0.2) is 19.3 Å². The number of aliphatic imine (C=N–C) groups is 1. The van der Waals surface area contributed by atoms with Gasteiger partial charge in [0.2, 0.25) is 12.4 Å². The van der Waals surface area contributed by atoms with Crippen molar-refractivity contribution in [2.75, 3.05) is 0 Å². The summed E-state index contributed by atoms with van der Waals surface area (Å²) in [7, 11) is 0. The Morgan fingerprint density at radius 2 is 2.27 bits per heavy atom. The first-order valence-electron chi connectivity index (χ1n) is 3.07. The van der Waals surface area contributed by atoms with Gasteiger partial charge in [0, 0.05) is 6.42 Å². The van der Waals surface area contributed by atoms with Crippen molar-refractivity contribution in [2.45, 2.75) is 25.8 Å². The van der Waals surface area contributed by atoms with Gasteiger partial charge in [0.25, 0.3) is 0 Å². The van der Waals surface area contributed by atoms with Crippen LogP contribution in [0.4, 0.5) is 8.78 Å². The fourth-order valence-corrected chi connectivity index (χ4v) is 0.577. The average Bonchev–Trinajstić information content (AvgIpc) is 1.85. The maximum absolute atomic E-state index is 11.6. The van der Waals surface area contributed by atoms with E-state index in [4.69, 9.17) is 10.9 Å². The Labute approximate surface area is 63.1 Å². The Bertz CT molecular complexity index is 140. The Morgan fingerprint density at radius 3 is 2.64 bits per heavy atom. The first-order chi connectivity index (χ1) is 5.06. The van der Waals surface area contributed by atoms with Crippen LogP contribution in [0.2, 0.25) is 0 Å². The van der Waals surface area contributed by atoms with Crippen LogP contribution in [-0.4, -0.2) is 23.6 Å².